The van der Waals surface area contributed by atoms with E-state index in [0.29, 0.717) is 0 Å². The Hall–Kier alpha value is -1.69. The third kappa shape index (κ3) is 3.99. The van der Waals surface area contributed by atoms with Crippen LogP contribution >= 0.6 is 11.6 Å². The van der Waals surface area contributed by atoms with Crippen LogP contribution in [-0.2, 0) is 9.59 Å². The first-order chi connectivity index (χ1) is 8.04. The quantitative estimate of drug-likeness (QED) is 0.636. The van der Waals surface area contributed by atoms with Crippen molar-refractivity contribution in [3.05, 3.63) is 29.8 Å². The lowest BCUT2D eigenvalue weighted by molar-refractivity contribution is -0.136. The average molecular weight is 263 g/mol. The monoisotopic (exact) mass is 262 g/mol. The maximum Gasteiger partial charge on any atom is 0.313 e. The summed E-state index contributed by atoms with van der Waals surface area (Å²) in [5, 5.41) is 4.14. The van der Waals surface area contributed by atoms with Gasteiger partial charge in [0.2, 0.25) is 0 Å². The van der Waals surface area contributed by atoms with Crippen LogP contribution in [0.4, 0.5) is 14.5 Å². The van der Waals surface area contributed by atoms with Crippen molar-refractivity contribution in [1.82, 2.24) is 5.32 Å². The molecule has 0 bridgehead atoms. The molecule has 0 spiro atoms. The number of anilines is 1. The average Bonchev–Trinajstić information content (AvgIpc) is 2.30. The minimum Gasteiger partial charge on any atom is -0.347 e. The van der Waals surface area contributed by atoms with Crippen LogP contribution in [-0.4, -0.2) is 24.2 Å². The van der Waals surface area contributed by atoms with Crippen molar-refractivity contribution < 1.29 is 18.4 Å². The summed E-state index contributed by atoms with van der Waals surface area (Å²) in [6.07, 6.45) is 0. The van der Waals surface area contributed by atoms with Gasteiger partial charge in [-0.25, -0.2) is 8.78 Å². The van der Waals surface area contributed by atoms with Gasteiger partial charge in [-0.2, -0.15) is 0 Å². The molecule has 0 aliphatic rings. The molecule has 0 aliphatic heterocycles. The third-order valence-electron chi connectivity index (χ3n) is 1.76. The van der Waals surface area contributed by atoms with Gasteiger partial charge in [0.05, 0.1) is 5.69 Å². The van der Waals surface area contributed by atoms with Crippen molar-refractivity contribution in [2.75, 3.05) is 17.7 Å². The van der Waals surface area contributed by atoms with Crippen LogP contribution < -0.4 is 10.6 Å². The van der Waals surface area contributed by atoms with E-state index in [4.69, 9.17) is 11.6 Å². The number of carbonyl (C=O) groups excluding carboxylic acids is 2. The highest BCUT2D eigenvalue weighted by molar-refractivity contribution is 6.39. The van der Waals surface area contributed by atoms with Gasteiger partial charge in [0, 0.05) is 18.5 Å². The van der Waals surface area contributed by atoms with Gasteiger partial charge in [0.1, 0.15) is 11.6 Å². The van der Waals surface area contributed by atoms with E-state index in [2.05, 4.69) is 5.32 Å². The maximum atomic E-state index is 13.1. The maximum absolute atomic E-state index is 13.1. The highest BCUT2D eigenvalue weighted by Crippen LogP contribution is 2.14. The first-order valence-corrected chi connectivity index (χ1v) is 5.18. The molecular weight excluding hydrogens is 254 g/mol. The van der Waals surface area contributed by atoms with E-state index >= 15 is 0 Å². The summed E-state index contributed by atoms with van der Waals surface area (Å²) in [6, 6.07) is 2.53. The van der Waals surface area contributed by atoms with Gasteiger partial charge in [0.25, 0.3) is 0 Å². The lowest BCUT2D eigenvalue weighted by Gasteiger charge is -2.06. The van der Waals surface area contributed by atoms with Crippen molar-refractivity contribution in [2.24, 2.45) is 0 Å². The van der Waals surface area contributed by atoms with E-state index in [1.807, 2.05) is 5.32 Å². The highest BCUT2D eigenvalue weighted by Gasteiger charge is 2.15. The molecule has 1 rings (SSSR count). The molecule has 7 heteroatoms. The molecule has 4 nitrogen and oxygen atoms in total. The summed E-state index contributed by atoms with van der Waals surface area (Å²) in [5.74, 6) is -3.45. The standard InChI is InChI=1S/C10H9ClF2N2O2/c11-3-4-14-9(16)10(17)15-8-5-6(12)1-2-7(8)13/h1-2,5H,3-4H2,(H,14,16)(H,15,17). The SMILES string of the molecule is O=C(NCCCl)C(=O)Nc1cc(F)ccc1F. The number of benzene rings is 1. The summed E-state index contributed by atoms with van der Waals surface area (Å²) < 4.78 is 25.9. The minimum atomic E-state index is -1.08. The zero-order chi connectivity index (χ0) is 12.8. The second-order valence-electron chi connectivity index (χ2n) is 3.02. The lowest BCUT2D eigenvalue weighted by Crippen LogP contribution is -2.36. The molecule has 1 aromatic carbocycles. The van der Waals surface area contributed by atoms with E-state index in [1.54, 1.807) is 0 Å². The van der Waals surface area contributed by atoms with Crippen molar-refractivity contribution in [1.29, 1.82) is 0 Å². The van der Waals surface area contributed by atoms with Gasteiger partial charge >= 0.3 is 11.8 Å². The molecule has 2 N–H and O–H groups in total. The lowest BCUT2D eigenvalue weighted by atomic mass is 10.3. The zero-order valence-electron chi connectivity index (χ0n) is 8.60. The van der Waals surface area contributed by atoms with Crippen LogP contribution in [0.15, 0.2) is 18.2 Å². The molecule has 1 aromatic rings. The van der Waals surface area contributed by atoms with Crippen LogP contribution in [0.5, 0.6) is 0 Å². The summed E-state index contributed by atoms with van der Waals surface area (Å²) in [6.45, 7) is 0.111. The molecular formula is C10H9ClF2N2O2. The fraction of sp³-hybridized carbons (Fsp3) is 0.200. The summed E-state index contributed by atoms with van der Waals surface area (Å²) in [7, 11) is 0. The molecule has 0 unspecified atom stereocenters. The molecule has 0 radical (unpaired) electrons. The fourth-order valence-electron chi connectivity index (χ4n) is 1.01. The Morgan fingerprint density at radius 1 is 1.24 bits per heavy atom. The van der Waals surface area contributed by atoms with E-state index < -0.39 is 29.1 Å². The largest absolute Gasteiger partial charge is 0.347 e. The van der Waals surface area contributed by atoms with Crippen molar-refractivity contribution in [2.45, 2.75) is 0 Å². The molecule has 17 heavy (non-hydrogen) atoms. The van der Waals surface area contributed by atoms with Crippen LogP contribution in [0.1, 0.15) is 0 Å². The number of nitrogens with one attached hydrogen (secondary N) is 2. The minimum absolute atomic E-state index is 0.111. The van der Waals surface area contributed by atoms with E-state index in [1.165, 1.54) is 0 Å². The number of hydrogen-bond acceptors (Lipinski definition) is 2. The first-order valence-electron chi connectivity index (χ1n) is 4.65. The summed E-state index contributed by atoms with van der Waals surface area (Å²) in [4.78, 5) is 22.3. The number of amides is 2. The molecule has 0 aliphatic carbocycles. The Morgan fingerprint density at radius 3 is 2.59 bits per heavy atom. The van der Waals surface area contributed by atoms with Gasteiger partial charge in [-0.3, -0.25) is 9.59 Å². The Bertz CT molecular complexity index is 440. The number of halogens is 3. The second-order valence-corrected chi connectivity index (χ2v) is 3.40. The molecule has 0 saturated carbocycles. The molecule has 0 aromatic heterocycles. The van der Waals surface area contributed by atoms with Crippen LogP contribution in [0.3, 0.4) is 0 Å². The number of hydrogen-bond donors (Lipinski definition) is 2. The van der Waals surface area contributed by atoms with Gasteiger partial charge in [0.15, 0.2) is 0 Å². The molecule has 2 amide bonds. The predicted molar refractivity (Wildman–Crippen MR) is 58.7 cm³/mol. The fourth-order valence-corrected chi connectivity index (χ4v) is 1.11. The van der Waals surface area contributed by atoms with Gasteiger partial charge < -0.3 is 10.6 Å². The zero-order valence-corrected chi connectivity index (χ0v) is 9.35. The number of carbonyl (C=O) groups is 2. The van der Waals surface area contributed by atoms with Gasteiger partial charge in [-0.05, 0) is 12.1 Å². The van der Waals surface area contributed by atoms with Crippen LogP contribution in [0, 0.1) is 11.6 Å². The van der Waals surface area contributed by atoms with E-state index in [-0.39, 0.29) is 12.4 Å². The molecule has 0 heterocycles. The predicted octanol–water partition coefficient (Wildman–Crippen LogP) is 1.26. The molecule has 0 atom stereocenters. The highest BCUT2D eigenvalue weighted by atomic mass is 35.5. The first kappa shape index (κ1) is 13.4. The van der Waals surface area contributed by atoms with Gasteiger partial charge in [-0.15, -0.1) is 11.6 Å². The normalized spacial score (nSPS) is 9.82. The van der Waals surface area contributed by atoms with E-state index in [9.17, 15) is 18.4 Å². The topological polar surface area (TPSA) is 58.2 Å². The van der Waals surface area contributed by atoms with Crippen molar-refractivity contribution >= 4 is 29.1 Å². The Kier molecular flexibility index (Phi) is 4.84. The smallest absolute Gasteiger partial charge is 0.313 e. The Labute approximate surface area is 101 Å². The van der Waals surface area contributed by atoms with Gasteiger partial charge in [-0.1, -0.05) is 0 Å². The second kappa shape index (κ2) is 6.15. The van der Waals surface area contributed by atoms with E-state index in [0.717, 1.165) is 18.2 Å². The van der Waals surface area contributed by atoms with Crippen LogP contribution in [0.25, 0.3) is 0 Å². The summed E-state index contributed by atoms with van der Waals surface area (Å²) in [5.41, 5.74) is -0.393. The van der Waals surface area contributed by atoms with Crippen molar-refractivity contribution in [3.63, 3.8) is 0 Å². The van der Waals surface area contributed by atoms with Crippen molar-refractivity contribution in [3.8, 4) is 0 Å². The molecule has 92 valence electrons. The number of rotatable bonds is 3. The third-order valence-corrected chi connectivity index (χ3v) is 1.95. The molecule has 0 fully saturated rings. The van der Waals surface area contributed by atoms with Crippen LogP contribution in [0.2, 0.25) is 0 Å². The summed E-state index contributed by atoms with van der Waals surface area (Å²) >= 11 is 5.30. The number of alkyl halides is 1. The Balaban J connectivity index is 2.67. The Morgan fingerprint density at radius 2 is 1.94 bits per heavy atom. The molecule has 0 saturated heterocycles.